The predicted molar refractivity (Wildman–Crippen MR) is 39.9 cm³/mol. The smallest absolute Gasteiger partial charge is 0.391 e. The van der Waals surface area contributed by atoms with Crippen molar-refractivity contribution in [3.05, 3.63) is 0 Å². The van der Waals surface area contributed by atoms with E-state index in [1.807, 2.05) is 0 Å². The Bertz CT molecular complexity index is 180. The van der Waals surface area contributed by atoms with Crippen molar-refractivity contribution in [1.82, 2.24) is 0 Å². The third kappa shape index (κ3) is 6.67. The Balaban J connectivity index is 3.77. The predicted octanol–water partition coefficient (Wildman–Crippen LogP) is 1.06. The maximum atomic E-state index is 11.6. The van der Waals surface area contributed by atoms with Crippen LogP contribution in [0.15, 0.2) is 0 Å². The van der Waals surface area contributed by atoms with Gasteiger partial charge in [-0.05, 0) is 0 Å². The van der Waals surface area contributed by atoms with Crippen LogP contribution in [0, 0.1) is 0 Å². The first-order chi connectivity index (χ1) is 6.37. The molecule has 14 heavy (non-hydrogen) atoms. The summed E-state index contributed by atoms with van der Waals surface area (Å²) in [6, 6.07) is 0. The zero-order chi connectivity index (χ0) is 11.2. The van der Waals surface area contributed by atoms with Gasteiger partial charge in [-0.25, -0.2) is 4.79 Å². The monoisotopic (exact) mass is 216 g/mol. The quantitative estimate of drug-likeness (QED) is 0.721. The van der Waals surface area contributed by atoms with Crippen LogP contribution in [0.2, 0.25) is 0 Å². The topological polar surface area (TPSA) is 55.8 Å². The molecule has 0 aromatic heterocycles. The number of ether oxygens (including phenoxy) is 2. The molecule has 0 rings (SSSR count). The summed E-state index contributed by atoms with van der Waals surface area (Å²) in [6.45, 7) is -0.947. The van der Waals surface area contributed by atoms with Crippen molar-refractivity contribution in [3.8, 4) is 0 Å². The fourth-order valence-electron chi connectivity index (χ4n) is 0.659. The Labute approximate surface area is 78.6 Å². The van der Waals surface area contributed by atoms with Crippen LogP contribution in [0.5, 0.6) is 0 Å². The molecule has 0 heterocycles. The number of methoxy groups -OCH3 is 1. The van der Waals surface area contributed by atoms with E-state index in [9.17, 15) is 18.0 Å². The first kappa shape index (κ1) is 13.2. The standard InChI is InChI=1S/C7H11F3O4/c1-13-4-5(6(11)12)14-3-2-7(8,9)10/h5H,2-4H2,1H3,(H,11,12). The van der Waals surface area contributed by atoms with Gasteiger partial charge in [0.1, 0.15) is 0 Å². The Kier molecular flexibility index (Phi) is 5.47. The Morgan fingerprint density at radius 3 is 2.43 bits per heavy atom. The van der Waals surface area contributed by atoms with Crippen LogP contribution in [0.1, 0.15) is 6.42 Å². The zero-order valence-corrected chi connectivity index (χ0v) is 7.50. The van der Waals surface area contributed by atoms with Crippen molar-refractivity contribution in [2.75, 3.05) is 20.3 Å². The van der Waals surface area contributed by atoms with Gasteiger partial charge >= 0.3 is 12.1 Å². The molecule has 0 radical (unpaired) electrons. The summed E-state index contributed by atoms with van der Waals surface area (Å²) in [6.07, 6.45) is -6.85. The lowest BCUT2D eigenvalue weighted by atomic mass is 10.4. The maximum absolute atomic E-state index is 11.6. The third-order valence-electron chi connectivity index (χ3n) is 1.30. The minimum Gasteiger partial charge on any atom is -0.479 e. The van der Waals surface area contributed by atoms with Gasteiger partial charge in [0.2, 0.25) is 0 Å². The van der Waals surface area contributed by atoms with Gasteiger partial charge < -0.3 is 14.6 Å². The maximum Gasteiger partial charge on any atom is 0.391 e. The number of carbonyl (C=O) groups is 1. The number of carboxylic acids is 1. The number of rotatable bonds is 6. The molecule has 7 heteroatoms. The number of carboxylic acid groups (broad SMARTS) is 1. The van der Waals surface area contributed by atoms with E-state index in [1.54, 1.807) is 0 Å². The SMILES string of the molecule is COCC(OCCC(F)(F)F)C(=O)O. The number of aliphatic carboxylic acids is 1. The average Bonchev–Trinajstić information content (AvgIpc) is 2.00. The summed E-state index contributed by atoms with van der Waals surface area (Å²) >= 11 is 0. The summed E-state index contributed by atoms with van der Waals surface area (Å²) < 4.78 is 43.8. The molecule has 4 nitrogen and oxygen atoms in total. The van der Waals surface area contributed by atoms with Crippen molar-refractivity contribution < 1.29 is 32.5 Å². The van der Waals surface area contributed by atoms with Gasteiger partial charge in [0.05, 0.1) is 19.6 Å². The van der Waals surface area contributed by atoms with Crippen LogP contribution in [0.25, 0.3) is 0 Å². The van der Waals surface area contributed by atoms with E-state index in [0.717, 1.165) is 0 Å². The molecule has 0 aliphatic heterocycles. The second kappa shape index (κ2) is 5.82. The van der Waals surface area contributed by atoms with E-state index in [1.165, 1.54) is 7.11 Å². The molecule has 0 aromatic carbocycles. The van der Waals surface area contributed by atoms with Crippen molar-refractivity contribution in [2.45, 2.75) is 18.7 Å². The van der Waals surface area contributed by atoms with E-state index in [2.05, 4.69) is 9.47 Å². The number of alkyl halides is 3. The summed E-state index contributed by atoms with van der Waals surface area (Å²) in [5.74, 6) is -1.34. The molecule has 0 aliphatic carbocycles. The van der Waals surface area contributed by atoms with Gasteiger partial charge in [0.25, 0.3) is 0 Å². The summed E-state index contributed by atoms with van der Waals surface area (Å²) in [7, 11) is 1.24. The van der Waals surface area contributed by atoms with Gasteiger partial charge in [0.15, 0.2) is 6.10 Å². The molecule has 0 amide bonds. The first-order valence-electron chi connectivity index (χ1n) is 3.77. The molecule has 0 aromatic rings. The van der Waals surface area contributed by atoms with Crippen LogP contribution in [0.3, 0.4) is 0 Å². The van der Waals surface area contributed by atoms with Crippen LogP contribution >= 0.6 is 0 Å². The lowest BCUT2D eigenvalue weighted by Crippen LogP contribution is -2.30. The van der Waals surface area contributed by atoms with Crippen molar-refractivity contribution >= 4 is 5.97 Å². The highest BCUT2D eigenvalue weighted by Crippen LogP contribution is 2.19. The van der Waals surface area contributed by atoms with Gasteiger partial charge in [-0.1, -0.05) is 0 Å². The second-order valence-corrected chi connectivity index (χ2v) is 2.52. The van der Waals surface area contributed by atoms with Crippen molar-refractivity contribution in [2.24, 2.45) is 0 Å². The van der Waals surface area contributed by atoms with Gasteiger partial charge in [-0.2, -0.15) is 13.2 Å². The molecular formula is C7H11F3O4. The number of hydrogen-bond donors (Lipinski definition) is 1. The van der Waals surface area contributed by atoms with Gasteiger partial charge in [-0.15, -0.1) is 0 Å². The molecule has 0 aliphatic rings. The second-order valence-electron chi connectivity index (χ2n) is 2.52. The highest BCUT2D eigenvalue weighted by molar-refractivity contribution is 5.72. The van der Waals surface area contributed by atoms with E-state index in [4.69, 9.17) is 5.11 Å². The van der Waals surface area contributed by atoms with Gasteiger partial charge in [-0.3, -0.25) is 0 Å². The molecule has 0 spiro atoms. The van der Waals surface area contributed by atoms with E-state index in [0.29, 0.717) is 0 Å². The van der Waals surface area contributed by atoms with Crippen molar-refractivity contribution in [3.63, 3.8) is 0 Å². The van der Waals surface area contributed by atoms with E-state index in [-0.39, 0.29) is 6.61 Å². The summed E-state index contributed by atoms with van der Waals surface area (Å²) in [5, 5.41) is 8.45. The minimum absolute atomic E-state index is 0.271. The fraction of sp³-hybridized carbons (Fsp3) is 0.857. The normalized spacial score (nSPS) is 14.0. The fourth-order valence-corrected chi connectivity index (χ4v) is 0.659. The Morgan fingerprint density at radius 2 is 2.07 bits per heavy atom. The van der Waals surface area contributed by atoms with E-state index < -0.39 is 31.3 Å². The minimum atomic E-state index is -4.34. The highest BCUT2D eigenvalue weighted by Gasteiger charge is 2.28. The number of halogens is 3. The molecule has 1 atom stereocenters. The van der Waals surface area contributed by atoms with E-state index >= 15 is 0 Å². The van der Waals surface area contributed by atoms with Gasteiger partial charge in [0, 0.05) is 7.11 Å². The molecule has 1 unspecified atom stereocenters. The molecule has 0 bridgehead atoms. The zero-order valence-electron chi connectivity index (χ0n) is 7.50. The number of hydrogen-bond acceptors (Lipinski definition) is 3. The molecule has 84 valence electrons. The summed E-state index contributed by atoms with van der Waals surface area (Å²) in [4.78, 5) is 10.4. The molecule has 1 N–H and O–H groups in total. The molecule has 0 fully saturated rings. The molecular weight excluding hydrogens is 205 g/mol. The third-order valence-corrected chi connectivity index (χ3v) is 1.30. The average molecular weight is 216 g/mol. The van der Waals surface area contributed by atoms with Crippen LogP contribution < -0.4 is 0 Å². The largest absolute Gasteiger partial charge is 0.479 e. The highest BCUT2D eigenvalue weighted by atomic mass is 19.4. The lowest BCUT2D eigenvalue weighted by Gasteiger charge is -2.13. The van der Waals surface area contributed by atoms with Crippen LogP contribution in [-0.4, -0.2) is 43.7 Å². The summed E-state index contributed by atoms with van der Waals surface area (Å²) in [5.41, 5.74) is 0. The molecule has 0 saturated carbocycles. The van der Waals surface area contributed by atoms with Crippen LogP contribution in [-0.2, 0) is 14.3 Å². The Hall–Kier alpha value is -0.820. The lowest BCUT2D eigenvalue weighted by molar-refractivity contribution is -0.167. The van der Waals surface area contributed by atoms with Crippen molar-refractivity contribution in [1.29, 1.82) is 0 Å². The Morgan fingerprint density at radius 1 is 1.50 bits per heavy atom. The molecule has 0 saturated heterocycles. The first-order valence-corrected chi connectivity index (χ1v) is 3.77. The van der Waals surface area contributed by atoms with Crippen LogP contribution in [0.4, 0.5) is 13.2 Å².